The Bertz CT molecular complexity index is 358. The van der Waals surface area contributed by atoms with Gasteiger partial charge >= 0.3 is 0 Å². The second kappa shape index (κ2) is 8.62. The number of hydrogen-bond donors (Lipinski definition) is 1. The van der Waals surface area contributed by atoms with E-state index in [-0.39, 0.29) is 5.82 Å². The fraction of sp³-hybridized carbons (Fsp3) is 0.571. The van der Waals surface area contributed by atoms with Crippen LogP contribution in [-0.2, 0) is 6.54 Å². The van der Waals surface area contributed by atoms with Crippen molar-refractivity contribution in [3.05, 3.63) is 34.1 Å². The summed E-state index contributed by atoms with van der Waals surface area (Å²) in [6.07, 6.45) is 1.17. The molecular formula is C14H22BrFN2. The van der Waals surface area contributed by atoms with Crippen molar-refractivity contribution in [2.24, 2.45) is 0 Å². The Morgan fingerprint density at radius 1 is 1.28 bits per heavy atom. The molecule has 1 aromatic rings. The molecule has 0 atom stereocenters. The highest BCUT2D eigenvalue weighted by Crippen LogP contribution is 2.15. The first-order valence-electron chi connectivity index (χ1n) is 6.54. The van der Waals surface area contributed by atoms with Crippen LogP contribution in [0.1, 0.15) is 25.8 Å². The topological polar surface area (TPSA) is 15.3 Å². The van der Waals surface area contributed by atoms with E-state index in [1.54, 1.807) is 6.07 Å². The van der Waals surface area contributed by atoms with Crippen molar-refractivity contribution in [1.29, 1.82) is 0 Å². The first kappa shape index (κ1) is 15.6. The highest BCUT2D eigenvalue weighted by atomic mass is 79.9. The molecular weight excluding hydrogens is 295 g/mol. The Morgan fingerprint density at radius 3 is 2.72 bits per heavy atom. The Kier molecular flexibility index (Phi) is 7.47. The minimum Gasteiger partial charge on any atom is -0.311 e. The van der Waals surface area contributed by atoms with Gasteiger partial charge in [0.25, 0.3) is 0 Å². The van der Waals surface area contributed by atoms with Gasteiger partial charge in [-0.05, 0) is 37.7 Å². The van der Waals surface area contributed by atoms with Gasteiger partial charge in [-0.15, -0.1) is 0 Å². The normalized spacial score (nSPS) is 11.2. The molecule has 0 saturated heterocycles. The summed E-state index contributed by atoms with van der Waals surface area (Å²) in [5.41, 5.74) is 0.711. The van der Waals surface area contributed by atoms with Crippen LogP contribution in [0.2, 0.25) is 0 Å². The Morgan fingerprint density at radius 2 is 2.06 bits per heavy atom. The zero-order valence-electron chi connectivity index (χ0n) is 11.2. The number of benzene rings is 1. The number of likely N-dealkylation sites (N-methyl/N-ethyl adjacent to an activating group) is 1. The molecule has 18 heavy (non-hydrogen) atoms. The quantitative estimate of drug-likeness (QED) is 0.739. The van der Waals surface area contributed by atoms with Crippen LogP contribution in [0.25, 0.3) is 0 Å². The molecule has 0 saturated carbocycles. The van der Waals surface area contributed by atoms with Crippen molar-refractivity contribution < 1.29 is 4.39 Å². The maximum atomic E-state index is 13.5. The van der Waals surface area contributed by atoms with E-state index in [1.807, 2.05) is 6.07 Å². The largest absolute Gasteiger partial charge is 0.311 e. The van der Waals surface area contributed by atoms with Gasteiger partial charge in [0.2, 0.25) is 0 Å². The van der Waals surface area contributed by atoms with E-state index in [0.717, 1.165) is 30.7 Å². The Hall–Kier alpha value is -0.450. The molecule has 0 aliphatic heterocycles. The van der Waals surface area contributed by atoms with E-state index in [1.165, 1.54) is 12.5 Å². The molecule has 4 heteroatoms. The molecule has 1 N–H and O–H groups in total. The SMILES string of the molecule is CCCN(CC)CCNCc1cc(Br)ccc1F. The van der Waals surface area contributed by atoms with Gasteiger partial charge in [0.05, 0.1) is 0 Å². The lowest BCUT2D eigenvalue weighted by molar-refractivity contribution is 0.287. The molecule has 0 heterocycles. The summed E-state index contributed by atoms with van der Waals surface area (Å²) in [5.74, 6) is -0.147. The van der Waals surface area contributed by atoms with Crippen molar-refractivity contribution in [2.75, 3.05) is 26.2 Å². The summed E-state index contributed by atoms with van der Waals surface area (Å²) in [6.45, 7) is 9.04. The van der Waals surface area contributed by atoms with Gasteiger partial charge in [0.15, 0.2) is 0 Å². The summed E-state index contributed by atoms with van der Waals surface area (Å²) in [4.78, 5) is 2.39. The minimum absolute atomic E-state index is 0.147. The molecule has 0 spiro atoms. The van der Waals surface area contributed by atoms with Crippen LogP contribution in [0.4, 0.5) is 4.39 Å². The third-order valence-corrected chi connectivity index (χ3v) is 3.41. The summed E-state index contributed by atoms with van der Waals surface area (Å²) >= 11 is 3.36. The smallest absolute Gasteiger partial charge is 0.127 e. The second-order valence-electron chi connectivity index (χ2n) is 4.35. The molecule has 2 nitrogen and oxygen atoms in total. The van der Waals surface area contributed by atoms with Gasteiger partial charge in [0, 0.05) is 29.7 Å². The molecule has 0 aliphatic rings. The molecule has 0 aliphatic carbocycles. The van der Waals surface area contributed by atoms with Gasteiger partial charge in [-0.3, -0.25) is 0 Å². The fourth-order valence-corrected chi connectivity index (χ4v) is 2.29. The fourth-order valence-electron chi connectivity index (χ4n) is 1.88. The summed E-state index contributed by atoms with van der Waals surface area (Å²) in [7, 11) is 0. The van der Waals surface area contributed by atoms with E-state index in [2.05, 4.69) is 40.0 Å². The molecule has 0 radical (unpaired) electrons. The Balaban J connectivity index is 2.31. The number of nitrogens with one attached hydrogen (secondary N) is 1. The molecule has 0 unspecified atom stereocenters. The van der Waals surface area contributed by atoms with Crippen LogP contribution in [0.5, 0.6) is 0 Å². The second-order valence-corrected chi connectivity index (χ2v) is 5.26. The zero-order valence-corrected chi connectivity index (χ0v) is 12.8. The highest BCUT2D eigenvalue weighted by molar-refractivity contribution is 9.10. The van der Waals surface area contributed by atoms with Crippen LogP contribution in [0, 0.1) is 5.82 Å². The van der Waals surface area contributed by atoms with Crippen molar-refractivity contribution in [3.63, 3.8) is 0 Å². The summed E-state index contributed by atoms with van der Waals surface area (Å²) in [5, 5.41) is 3.29. The van der Waals surface area contributed by atoms with Crippen molar-refractivity contribution in [1.82, 2.24) is 10.2 Å². The number of halogens is 2. The average Bonchev–Trinajstić information content (AvgIpc) is 2.37. The average molecular weight is 317 g/mol. The summed E-state index contributed by atoms with van der Waals surface area (Å²) < 4.78 is 14.4. The maximum absolute atomic E-state index is 13.5. The highest BCUT2D eigenvalue weighted by Gasteiger charge is 2.03. The van der Waals surface area contributed by atoms with Crippen LogP contribution in [0.3, 0.4) is 0 Å². The minimum atomic E-state index is -0.147. The summed E-state index contributed by atoms with van der Waals surface area (Å²) in [6, 6.07) is 5.04. The van der Waals surface area contributed by atoms with Crippen molar-refractivity contribution in [3.8, 4) is 0 Å². The van der Waals surface area contributed by atoms with Crippen LogP contribution in [-0.4, -0.2) is 31.1 Å². The molecule has 0 fully saturated rings. The van der Waals surface area contributed by atoms with Crippen molar-refractivity contribution >= 4 is 15.9 Å². The predicted molar refractivity (Wildman–Crippen MR) is 78.2 cm³/mol. The molecule has 0 aromatic heterocycles. The van der Waals surface area contributed by atoms with Crippen LogP contribution >= 0.6 is 15.9 Å². The molecule has 1 rings (SSSR count). The van der Waals surface area contributed by atoms with E-state index >= 15 is 0 Å². The lowest BCUT2D eigenvalue weighted by atomic mass is 10.2. The number of nitrogens with zero attached hydrogens (tertiary/aromatic N) is 1. The van der Waals surface area contributed by atoms with E-state index in [4.69, 9.17) is 0 Å². The van der Waals surface area contributed by atoms with E-state index in [9.17, 15) is 4.39 Å². The third kappa shape index (κ3) is 5.46. The van der Waals surface area contributed by atoms with E-state index in [0.29, 0.717) is 12.1 Å². The van der Waals surface area contributed by atoms with Crippen LogP contribution in [0.15, 0.2) is 22.7 Å². The lowest BCUT2D eigenvalue weighted by Gasteiger charge is -2.19. The third-order valence-electron chi connectivity index (χ3n) is 2.92. The Labute approximate surface area is 118 Å². The molecule has 1 aromatic carbocycles. The molecule has 0 amide bonds. The van der Waals surface area contributed by atoms with Gasteiger partial charge in [-0.1, -0.05) is 29.8 Å². The maximum Gasteiger partial charge on any atom is 0.127 e. The standard InChI is InChI=1S/C14H22BrFN2/c1-3-8-18(4-2)9-7-17-11-12-10-13(15)5-6-14(12)16/h5-6,10,17H,3-4,7-9,11H2,1-2H3. The number of hydrogen-bond acceptors (Lipinski definition) is 2. The monoisotopic (exact) mass is 316 g/mol. The predicted octanol–water partition coefficient (Wildman–Crippen LogP) is 3.41. The number of rotatable bonds is 8. The van der Waals surface area contributed by atoms with E-state index < -0.39 is 0 Å². The first-order valence-corrected chi connectivity index (χ1v) is 7.33. The molecule has 102 valence electrons. The van der Waals surface area contributed by atoms with Crippen LogP contribution < -0.4 is 5.32 Å². The van der Waals surface area contributed by atoms with Gasteiger partial charge in [0.1, 0.15) is 5.82 Å². The first-order chi connectivity index (χ1) is 8.67. The van der Waals surface area contributed by atoms with Gasteiger partial charge in [-0.25, -0.2) is 4.39 Å². The molecule has 0 bridgehead atoms. The lowest BCUT2D eigenvalue weighted by Crippen LogP contribution is -2.32. The van der Waals surface area contributed by atoms with Gasteiger partial charge in [-0.2, -0.15) is 0 Å². The van der Waals surface area contributed by atoms with Gasteiger partial charge < -0.3 is 10.2 Å². The van der Waals surface area contributed by atoms with Crippen molar-refractivity contribution in [2.45, 2.75) is 26.8 Å². The zero-order chi connectivity index (χ0) is 13.4.